The lowest BCUT2D eigenvalue weighted by Crippen LogP contribution is -2.37. The minimum atomic E-state index is -4.04. The van der Waals surface area contributed by atoms with E-state index in [2.05, 4.69) is 0 Å². The largest absolute Gasteiger partial charge is 0.401 e. The average molecular weight is 195 g/mol. The van der Waals surface area contributed by atoms with Crippen molar-refractivity contribution in [2.24, 2.45) is 5.92 Å². The van der Waals surface area contributed by atoms with Crippen molar-refractivity contribution >= 4 is 0 Å². The first kappa shape index (κ1) is 10.8. The van der Waals surface area contributed by atoms with Crippen LogP contribution in [0.1, 0.15) is 26.7 Å². The molecule has 2 atom stereocenters. The monoisotopic (exact) mass is 195 g/mol. The van der Waals surface area contributed by atoms with Crippen LogP contribution in [0.2, 0.25) is 0 Å². The molecule has 0 bridgehead atoms. The molecule has 0 aliphatic carbocycles. The van der Waals surface area contributed by atoms with Gasteiger partial charge in [0.2, 0.25) is 0 Å². The van der Waals surface area contributed by atoms with Crippen molar-refractivity contribution in [2.75, 3.05) is 13.1 Å². The lowest BCUT2D eigenvalue weighted by atomic mass is 9.99. The number of hydrogen-bond donors (Lipinski definition) is 0. The van der Waals surface area contributed by atoms with Crippen LogP contribution in [0.3, 0.4) is 0 Å². The molecule has 1 aliphatic heterocycles. The SMILES string of the molecule is CCC1CCN(CC(F)(F)F)C1C. The highest BCUT2D eigenvalue weighted by molar-refractivity contribution is 4.84. The first-order valence-electron chi connectivity index (χ1n) is 4.75. The molecular formula is C9H16F3N. The minimum Gasteiger partial charge on any atom is -0.292 e. The van der Waals surface area contributed by atoms with Crippen molar-refractivity contribution in [1.29, 1.82) is 0 Å². The zero-order valence-electron chi connectivity index (χ0n) is 8.06. The summed E-state index contributed by atoms with van der Waals surface area (Å²) in [5, 5.41) is 0. The molecule has 78 valence electrons. The Hall–Kier alpha value is -0.250. The molecule has 0 aromatic rings. The fraction of sp³-hybridized carbons (Fsp3) is 1.00. The van der Waals surface area contributed by atoms with Gasteiger partial charge in [-0.2, -0.15) is 13.2 Å². The molecule has 2 unspecified atom stereocenters. The van der Waals surface area contributed by atoms with E-state index in [-0.39, 0.29) is 6.04 Å². The number of halogens is 3. The van der Waals surface area contributed by atoms with Crippen molar-refractivity contribution < 1.29 is 13.2 Å². The normalized spacial score (nSPS) is 31.2. The molecule has 1 nitrogen and oxygen atoms in total. The molecule has 4 heteroatoms. The highest BCUT2D eigenvalue weighted by Crippen LogP contribution is 2.29. The summed E-state index contributed by atoms with van der Waals surface area (Å²) < 4.78 is 36.2. The molecule has 1 saturated heterocycles. The standard InChI is InChI=1S/C9H16F3N/c1-3-8-4-5-13(7(8)2)6-9(10,11)12/h7-8H,3-6H2,1-2H3. The molecule has 0 aromatic carbocycles. The van der Waals surface area contributed by atoms with Gasteiger partial charge in [0.1, 0.15) is 0 Å². The highest BCUT2D eigenvalue weighted by atomic mass is 19.4. The fourth-order valence-electron chi connectivity index (χ4n) is 2.07. The number of alkyl halides is 3. The van der Waals surface area contributed by atoms with Crippen LogP contribution in [-0.2, 0) is 0 Å². The Bertz CT molecular complexity index is 167. The van der Waals surface area contributed by atoms with Gasteiger partial charge in [-0.1, -0.05) is 13.3 Å². The van der Waals surface area contributed by atoms with Crippen LogP contribution in [0.25, 0.3) is 0 Å². The third kappa shape index (κ3) is 2.86. The lowest BCUT2D eigenvalue weighted by molar-refractivity contribution is -0.147. The van der Waals surface area contributed by atoms with E-state index in [1.165, 1.54) is 4.90 Å². The predicted molar refractivity (Wildman–Crippen MR) is 45.5 cm³/mol. The summed E-state index contributed by atoms with van der Waals surface area (Å²) in [4.78, 5) is 1.54. The molecule has 0 N–H and O–H groups in total. The second kappa shape index (κ2) is 3.86. The third-order valence-corrected chi connectivity index (χ3v) is 2.95. The second-order valence-corrected chi connectivity index (χ2v) is 3.78. The van der Waals surface area contributed by atoms with Gasteiger partial charge in [0.25, 0.3) is 0 Å². The Morgan fingerprint density at radius 1 is 1.38 bits per heavy atom. The molecular weight excluding hydrogens is 179 g/mol. The summed E-state index contributed by atoms with van der Waals surface area (Å²) in [6.45, 7) is 3.79. The highest BCUT2D eigenvalue weighted by Gasteiger charge is 2.37. The van der Waals surface area contributed by atoms with E-state index in [4.69, 9.17) is 0 Å². The van der Waals surface area contributed by atoms with Gasteiger partial charge in [0.05, 0.1) is 6.54 Å². The van der Waals surface area contributed by atoms with E-state index in [9.17, 15) is 13.2 Å². The van der Waals surface area contributed by atoms with Gasteiger partial charge in [-0.15, -0.1) is 0 Å². The second-order valence-electron chi connectivity index (χ2n) is 3.78. The minimum absolute atomic E-state index is 0.0895. The molecule has 1 heterocycles. The van der Waals surface area contributed by atoms with E-state index in [1.807, 2.05) is 13.8 Å². The molecule has 0 aromatic heterocycles. The Morgan fingerprint density at radius 2 is 2.00 bits per heavy atom. The first-order chi connectivity index (χ1) is 5.94. The summed E-state index contributed by atoms with van der Waals surface area (Å²) in [5.41, 5.74) is 0. The molecule has 1 aliphatic rings. The summed E-state index contributed by atoms with van der Waals surface area (Å²) in [5.74, 6) is 0.447. The van der Waals surface area contributed by atoms with E-state index in [0.29, 0.717) is 12.5 Å². The summed E-state index contributed by atoms with van der Waals surface area (Å²) in [6, 6.07) is 0.0895. The zero-order chi connectivity index (χ0) is 10.1. The Balaban J connectivity index is 2.46. The third-order valence-electron chi connectivity index (χ3n) is 2.95. The van der Waals surface area contributed by atoms with Crippen molar-refractivity contribution in [3.63, 3.8) is 0 Å². The van der Waals surface area contributed by atoms with Crippen LogP contribution < -0.4 is 0 Å². The van der Waals surface area contributed by atoms with E-state index >= 15 is 0 Å². The topological polar surface area (TPSA) is 3.24 Å². The molecule has 0 spiro atoms. The van der Waals surface area contributed by atoms with Gasteiger partial charge in [-0.3, -0.25) is 4.90 Å². The maximum Gasteiger partial charge on any atom is 0.401 e. The Labute approximate surface area is 76.9 Å². The number of hydrogen-bond acceptors (Lipinski definition) is 1. The first-order valence-corrected chi connectivity index (χ1v) is 4.75. The lowest BCUT2D eigenvalue weighted by Gasteiger charge is -2.24. The Morgan fingerprint density at radius 3 is 2.38 bits per heavy atom. The van der Waals surface area contributed by atoms with Crippen molar-refractivity contribution in [3.05, 3.63) is 0 Å². The quantitative estimate of drug-likeness (QED) is 0.654. The smallest absolute Gasteiger partial charge is 0.292 e. The molecule has 0 saturated carbocycles. The molecule has 13 heavy (non-hydrogen) atoms. The van der Waals surface area contributed by atoms with Crippen LogP contribution in [0, 0.1) is 5.92 Å². The van der Waals surface area contributed by atoms with Gasteiger partial charge < -0.3 is 0 Å². The maximum absolute atomic E-state index is 12.1. The molecule has 0 amide bonds. The number of rotatable bonds is 2. The van der Waals surface area contributed by atoms with Crippen LogP contribution in [0.5, 0.6) is 0 Å². The van der Waals surface area contributed by atoms with E-state index in [0.717, 1.165) is 12.8 Å². The van der Waals surface area contributed by atoms with Gasteiger partial charge in [-0.25, -0.2) is 0 Å². The van der Waals surface area contributed by atoms with Crippen molar-refractivity contribution in [1.82, 2.24) is 4.90 Å². The number of nitrogens with zero attached hydrogens (tertiary/aromatic N) is 1. The van der Waals surface area contributed by atoms with Gasteiger partial charge in [-0.05, 0) is 25.8 Å². The van der Waals surface area contributed by atoms with E-state index < -0.39 is 12.7 Å². The van der Waals surface area contributed by atoms with E-state index in [1.54, 1.807) is 0 Å². The van der Waals surface area contributed by atoms with Gasteiger partial charge in [0, 0.05) is 6.04 Å². The fourth-order valence-corrected chi connectivity index (χ4v) is 2.07. The summed E-state index contributed by atoms with van der Waals surface area (Å²) in [6.07, 6.45) is -2.15. The van der Waals surface area contributed by atoms with Crippen LogP contribution in [-0.4, -0.2) is 30.2 Å². The molecule has 0 radical (unpaired) electrons. The predicted octanol–water partition coefficient (Wildman–Crippen LogP) is 2.67. The maximum atomic E-state index is 12.1. The Kier molecular flexibility index (Phi) is 3.22. The molecule has 1 rings (SSSR count). The average Bonchev–Trinajstić information content (AvgIpc) is 2.30. The summed E-state index contributed by atoms with van der Waals surface area (Å²) in [7, 11) is 0. The van der Waals surface area contributed by atoms with Crippen LogP contribution in [0.15, 0.2) is 0 Å². The van der Waals surface area contributed by atoms with Gasteiger partial charge >= 0.3 is 6.18 Å². The summed E-state index contributed by atoms with van der Waals surface area (Å²) >= 11 is 0. The van der Waals surface area contributed by atoms with Crippen LogP contribution in [0.4, 0.5) is 13.2 Å². The van der Waals surface area contributed by atoms with Crippen molar-refractivity contribution in [2.45, 2.75) is 38.9 Å². The number of likely N-dealkylation sites (tertiary alicyclic amines) is 1. The van der Waals surface area contributed by atoms with Crippen LogP contribution >= 0.6 is 0 Å². The van der Waals surface area contributed by atoms with Crippen molar-refractivity contribution in [3.8, 4) is 0 Å². The molecule has 1 fully saturated rings. The van der Waals surface area contributed by atoms with Gasteiger partial charge in [0.15, 0.2) is 0 Å². The zero-order valence-corrected chi connectivity index (χ0v) is 8.06.